The molecule has 0 atom stereocenters. The van der Waals surface area contributed by atoms with Crippen LogP contribution in [-0.4, -0.2) is 13.1 Å². The van der Waals surface area contributed by atoms with E-state index < -0.39 is 5.97 Å². The number of esters is 1. The minimum absolute atomic E-state index is 0.322. The zero-order valence-electron chi connectivity index (χ0n) is 13.6. The molecule has 3 rings (SSSR count). The van der Waals surface area contributed by atoms with Crippen LogP contribution in [0.15, 0.2) is 53.6 Å². The number of carbonyl (C=O) groups is 1. The highest BCUT2D eigenvalue weighted by atomic mass is 19.1. The monoisotopic (exact) mass is 323 g/mol. The van der Waals surface area contributed by atoms with Gasteiger partial charge in [0.2, 0.25) is 0 Å². The van der Waals surface area contributed by atoms with Gasteiger partial charge in [-0.2, -0.15) is 0 Å². The number of rotatable bonds is 3. The van der Waals surface area contributed by atoms with Crippen LogP contribution in [0.25, 0.3) is 11.6 Å². The van der Waals surface area contributed by atoms with Crippen molar-refractivity contribution in [1.82, 2.24) is 0 Å². The van der Waals surface area contributed by atoms with E-state index >= 15 is 0 Å². The molecule has 0 bridgehead atoms. The molecule has 0 fully saturated rings. The first-order chi connectivity index (χ1) is 11.5. The Hall–Kier alpha value is -2.88. The molecule has 4 heteroatoms. The average molecular weight is 323 g/mol. The third kappa shape index (κ3) is 2.95. The number of fused-ring (bicyclic) bond motifs is 1. The van der Waals surface area contributed by atoms with E-state index in [0.717, 1.165) is 27.8 Å². The molecule has 2 N–H and O–H groups in total. The topological polar surface area (TPSA) is 52.3 Å². The minimum Gasteiger partial charge on any atom is -0.465 e. The largest absolute Gasteiger partial charge is 0.465 e. The average Bonchev–Trinajstić information content (AvgIpc) is 2.89. The highest BCUT2D eigenvalue weighted by Gasteiger charge is 2.26. The van der Waals surface area contributed by atoms with Crippen LogP contribution in [0.4, 0.5) is 10.1 Å². The van der Waals surface area contributed by atoms with Gasteiger partial charge in [-0.25, -0.2) is 9.18 Å². The molecule has 0 radical (unpaired) electrons. The minimum atomic E-state index is -0.446. The Morgan fingerprint density at radius 3 is 2.58 bits per heavy atom. The fraction of sp³-hybridized carbons (Fsp3) is 0.150. The Morgan fingerprint density at radius 2 is 1.92 bits per heavy atom. The molecular formula is C20H18FNO2. The first-order valence-electron chi connectivity index (χ1n) is 7.64. The van der Waals surface area contributed by atoms with Gasteiger partial charge in [-0.05, 0) is 65.9 Å². The summed E-state index contributed by atoms with van der Waals surface area (Å²) < 4.78 is 18.7. The van der Waals surface area contributed by atoms with E-state index in [1.807, 2.05) is 19.1 Å². The standard InChI is InChI=1S/C20H18FNO2/c1-12-9-14-5-6-15(21)11-17(14)19(12)18(20(23)24-2)10-13-3-7-16(22)8-4-13/h3-8,10-11H,9,22H2,1-2H3. The lowest BCUT2D eigenvalue weighted by molar-refractivity contribution is -0.135. The molecule has 0 unspecified atom stereocenters. The maximum atomic E-state index is 13.7. The Kier molecular flexibility index (Phi) is 4.21. The third-order valence-corrected chi connectivity index (χ3v) is 4.15. The number of nitrogens with two attached hydrogens (primary N) is 1. The van der Waals surface area contributed by atoms with Crippen molar-refractivity contribution < 1.29 is 13.9 Å². The highest BCUT2D eigenvalue weighted by molar-refractivity contribution is 6.12. The van der Waals surface area contributed by atoms with Gasteiger partial charge in [0, 0.05) is 5.69 Å². The number of hydrogen-bond acceptors (Lipinski definition) is 3. The van der Waals surface area contributed by atoms with Crippen molar-refractivity contribution in [3.8, 4) is 0 Å². The Balaban J connectivity index is 2.14. The zero-order chi connectivity index (χ0) is 17.3. The van der Waals surface area contributed by atoms with Crippen molar-refractivity contribution in [2.45, 2.75) is 13.3 Å². The van der Waals surface area contributed by atoms with Crippen LogP contribution in [0.1, 0.15) is 23.6 Å². The first kappa shape index (κ1) is 16.0. The normalized spacial score (nSPS) is 13.9. The summed E-state index contributed by atoms with van der Waals surface area (Å²) in [6.45, 7) is 1.95. The van der Waals surface area contributed by atoms with E-state index in [1.54, 1.807) is 24.3 Å². The molecule has 2 aromatic carbocycles. The molecule has 1 aliphatic carbocycles. The van der Waals surface area contributed by atoms with Gasteiger partial charge in [0.1, 0.15) is 5.82 Å². The first-order valence-corrected chi connectivity index (χ1v) is 7.64. The van der Waals surface area contributed by atoms with Gasteiger partial charge in [-0.1, -0.05) is 23.8 Å². The number of methoxy groups -OCH3 is 1. The molecule has 0 saturated heterocycles. The van der Waals surface area contributed by atoms with Crippen LogP contribution in [0.3, 0.4) is 0 Å². The van der Waals surface area contributed by atoms with Crippen LogP contribution in [0, 0.1) is 5.82 Å². The smallest absolute Gasteiger partial charge is 0.338 e. The van der Waals surface area contributed by atoms with Gasteiger partial charge >= 0.3 is 5.97 Å². The summed E-state index contributed by atoms with van der Waals surface area (Å²) in [5.74, 6) is -0.768. The maximum absolute atomic E-state index is 13.7. The lowest BCUT2D eigenvalue weighted by atomic mass is 9.95. The Morgan fingerprint density at radius 1 is 1.21 bits per heavy atom. The van der Waals surface area contributed by atoms with Gasteiger partial charge in [-0.3, -0.25) is 0 Å². The van der Waals surface area contributed by atoms with Crippen LogP contribution in [0.5, 0.6) is 0 Å². The maximum Gasteiger partial charge on any atom is 0.338 e. The van der Waals surface area contributed by atoms with Gasteiger partial charge in [-0.15, -0.1) is 0 Å². The van der Waals surface area contributed by atoms with Crippen molar-refractivity contribution in [1.29, 1.82) is 0 Å². The van der Waals surface area contributed by atoms with Crippen molar-refractivity contribution in [2.75, 3.05) is 12.8 Å². The zero-order valence-corrected chi connectivity index (χ0v) is 13.6. The van der Waals surface area contributed by atoms with Crippen LogP contribution >= 0.6 is 0 Å². The third-order valence-electron chi connectivity index (χ3n) is 4.15. The van der Waals surface area contributed by atoms with Gasteiger partial charge in [0.05, 0.1) is 12.7 Å². The second kappa shape index (κ2) is 6.32. The fourth-order valence-electron chi connectivity index (χ4n) is 3.02. The quantitative estimate of drug-likeness (QED) is 0.528. The number of benzene rings is 2. The molecule has 0 saturated carbocycles. The summed E-state index contributed by atoms with van der Waals surface area (Å²) in [7, 11) is 1.34. The molecule has 0 amide bonds. The van der Waals surface area contributed by atoms with Crippen LogP contribution in [0.2, 0.25) is 0 Å². The lowest BCUT2D eigenvalue weighted by Gasteiger charge is -2.11. The summed E-state index contributed by atoms with van der Waals surface area (Å²) in [4.78, 5) is 12.4. The summed E-state index contributed by atoms with van der Waals surface area (Å²) in [5.41, 5.74) is 11.1. The predicted molar refractivity (Wildman–Crippen MR) is 93.5 cm³/mol. The number of nitrogen functional groups attached to an aromatic ring is 1. The number of carbonyl (C=O) groups excluding carboxylic acids is 1. The highest BCUT2D eigenvalue weighted by Crippen LogP contribution is 2.39. The molecule has 0 spiro atoms. The number of halogens is 1. The number of hydrogen-bond donors (Lipinski definition) is 1. The van der Waals surface area contributed by atoms with Crippen LogP contribution < -0.4 is 5.73 Å². The van der Waals surface area contributed by atoms with Gasteiger partial charge < -0.3 is 10.5 Å². The summed E-state index contributed by atoms with van der Waals surface area (Å²) in [6.07, 6.45) is 2.45. The second-order valence-corrected chi connectivity index (χ2v) is 5.85. The molecular weight excluding hydrogens is 305 g/mol. The van der Waals surface area contributed by atoms with Crippen molar-refractivity contribution in [2.24, 2.45) is 0 Å². The van der Waals surface area contributed by atoms with E-state index in [2.05, 4.69) is 0 Å². The Labute approximate surface area is 140 Å². The SMILES string of the molecule is COC(=O)C(=Cc1ccc(N)cc1)C1=C(C)Cc2ccc(F)cc21. The lowest BCUT2D eigenvalue weighted by Crippen LogP contribution is -2.07. The van der Waals surface area contributed by atoms with E-state index in [1.165, 1.54) is 19.2 Å². The molecule has 1 aliphatic rings. The molecule has 0 aliphatic heterocycles. The summed E-state index contributed by atoms with van der Waals surface area (Å²) >= 11 is 0. The number of ether oxygens (including phenoxy) is 1. The molecule has 3 nitrogen and oxygen atoms in total. The van der Waals surface area contributed by atoms with Crippen molar-refractivity contribution in [3.05, 3.63) is 76.1 Å². The van der Waals surface area contributed by atoms with Crippen molar-refractivity contribution >= 4 is 23.3 Å². The van der Waals surface area contributed by atoms with Gasteiger partial charge in [0.25, 0.3) is 0 Å². The predicted octanol–water partition coefficient (Wildman–Crippen LogP) is 3.99. The van der Waals surface area contributed by atoms with E-state index in [-0.39, 0.29) is 5.82 Å². The molecule has 24 heavy (non-hydrogen) atoms. The summed E-state index contributed by atoms with van der Waals surface area (Å²) in [6, 6.07) is 11.9. The molecule has 0 heterocycles. The fourth-order valence-corrected chi connectivity index (χ4v) is 3.02. The van der Waals surface area contributed by atoms with Gasteiger partial charge in [0.15, 0.2) is 0 Å². The summed E-state index contributed by atoms with van der Waals surface area (Å²) in [5, 5.41) is 0. The van der Waals surface area contributed by atoms with E-state index in [9.17, 15) is 9.18 Å². The van der Waals surface area contributed by atoms with E-state index in [4.69, 9.17) is 10.5 Å². The number of allylic oxidation sites excluding steroid dienone is 1. The van der Waals surface area contributed by atoms with E-state index in [0.29, 0.717) is 17.7 Å². The second-order valence-electron chi connectivity index (χ2n) is 5.85. The molecule has 0 aromatic heterocycles. The molecule has 2 aromatic rings. The van der Waals surface area contributed by atoms with Crippen LogP contribution in [-0.2, 0) is 16.0 Å². The Bertz CT molecular complexity index is 864. The number of anilines is 1. The van der Waals surface area contributed by atoms with Crippen molar-refractivity contribution in [3.63, 3.8) is 0 Å². The molecule has 122 valence electrons.